The van der Waals surface area contributed by atoms with Crippen molar-refractivity contribution < 1.29 is 32.3 Å². The summed E-state index contributed by atoms with van der Waals surface area (Å²) in [4.78, 5) is 56.9. The number of likely N-dealkylation sites (tertiary alicyclic amines) is 1. The van der Waals surface area contributed by atoms with E-state index >= 15 is 0 Å². The number of benzene rings is 2. The van der Waals surface area contributed by atoms with Crippen molar-refractivity contribution in [3.8, 4) is 0 Å². The lowest BCUT2D eigenvalue weighted by atomic mass is 9.81. The van der Waals surface area contributed by atoms with Gasteiger partial charge in [0.1, 0.15) is 5.54 Å². The number of nitrogens with zero attached hydrogens (tertiary/aromatic N) is 3. The van der Waals surface area contributed by atoms with Crippen molar-refractivity contribution in [3.05, 3.63) is 70.8 Å². The van der Waals surface area contributed by atoms with Gasteiger partial charge in [-0.3, -0.25) is 19.3 Å². The summed E-state index contributed by atoms with van der Waals surface area (Å²) in [7, 11) is 1.45. The zero-order chi connectivity index (χ0) is 29.6. The van der Waals surface area contributed by atoms with Crippen molar-refractivity contribution in [3.63, 3.8) is 0 Å². The lowest BCUT2D eigenvalue weighted by molar-refractivity contribution is -0.142. The van der Waals surface area contributed by atoms with E-state index in [4.69, 9.17) is 5.73 Å². The van der Waals surface area contributed by atoms with Gasteiger partial charge in [0.15, 0.2) is 0 Å². The predicted molar refractivity (Wildman–Crippen MR) is 141 cm³/mol. The van der Waals surface area contributed by atoms with Gasteiger partial charge in [-0.15, -0.1) is 0 Å². The van der Waals surface area contributed by atoms with Crippen LogP contribution in [0.5, 0.6) is 0 Å². The highest BCUT2D eigenvalue weighted by Crippen LogP contribution is 2.43. The number of carbonyl (C=O) groups is 4. The number of nitrogens with two attached hydrogens (primary N) is 1. The van der Waals surface area contributed by atoms with Crippen LogP contribution in [0, 0.1) is 5.92 Å². The summed E-state index contributed by atoms with van der Waals surface area (Å²) in [5.74, 6) is -3.05. The second-order valence-electron chi connectivity index (χ2n) is 10.8. The molecule has 2 aromatic rings. The number of carbonyl (C=O) groups excluding carboxylic acids is 4. The van der Waals surface area contributed by atoms with Crippen LogP contribution in [0.3, 0.4) is 0 Å². The Labute approximate surface area is 230 Å². The molecule has 0 aliphatic carbocycles. The first-order chi connectivity index (χ1) is 18.7. The fraction of sp³-hybridized carbons (Fsp3) is 0.448. The fourth-order valence-corrected chi connectivity index (χ4v) is 6.01. The van der Waals surface area contributed by atoms with Crippen LogP contribution in [0.1, 0.15) is 72.6 Å². The molecule has 0 unspecified atom stereocenters. The van der Waals surface area contributed by atoms with Gasteiger partial charge in [-0.2, -0.15) is 13.2 Å². The van der Waals surface area contributed by atoms with E-state index in [9.17, 15) is 32.3 Å². The largest absolute Gasteiger partial charge is 0.416 e. The predicted octanol–water partition coefficient (Wildman–Crippen LogP) is 4.56. The molecule has 0 aromatic heterocycles. The van der Waals surface area contributed by atoms with Gasteiger partial charge in [0.25, 0.3) is 5.91 Å². The van der Waals surface area contributed by atoms with E-state index in [1.54, 1.807) is 23.6 Å². The third-order valence-electron chi connectivity index (χ3n) is 8.14. The van der Waals surface area contributed by atoms with Crippen molar-refractivity contribution in [2.75, 3.05) is 20.1 Å². The molecule has 2 atom stereocenters. The van der Waals surface area contributed by atoms with Crippen molar-refractivity contribution >= 4 is 23.8 Å². The summed E-state index contributed by atoms with van der Waals surface area (Å²) in [6.07, 6.45) is -4.28. The number of likely N-dealkylation sites (N-methyl/N-ethyl adjacent to an activating group) is 1. The number of urea groups is 1. The number of rotatable bonds is 6. The highest BCUT2D eigenvalue weighted by atomic mass is 19.4. The molecule has 0 radical (unpaired) electrons. The Balaban J connectivity index is 1.62. The molecule has 2 aliphatic rings. The summed E-state index contributed by atoms with van der Waals surface area (Å²) in [5, 5.41) is 0. The first-order valence-electron chi connectivity index (χ1n) is 13.2. The van der Waals surface area contributed by atoms with Crippen molar-refractivity contribution in [2.45, 2.75) is 57.3 Å². The molecule has 11 heteroatoms. The molecule has 0 bridgehead atoms. The Hall–Kier alpha value is -3.89. The topological polar surface area (TPSA) is 104 Å². The molecule has 2 N–H and O–H groups in total. The van der Waals surface area contributed by atoms with Crippen LogP contribution in [-0.2, 0) is 15.8 Å². The monoisotopic (exact) mass is 558 g/mol. The average Bonchev–Trinajstić information content (AvgIpc) is 3.08. The van der Waals surface area contributed by atoms with E-state index < -0.39 is 41.2 Å². The lowest BCUT2D eigenvalue weighted by Crippen LogP contribution is -2.58. The van der Waals surface area contributed by atoms with E-state index in [-0.39, 0.29) is 54.8 Å². The Kier molecular flexibility index (Phi) is 7.70. The van der Waals surface area contributed by atoms with E-state index in [1.165, 1.54) is 7.05 Å². The van der Waals surface area contributed by atoms with Crippen LogP contribution in [0.2, 0.25) is 0 Å². The third-order valence-corrected chi connectivity index (χ3v) is 8.14. The van der Waals surface area contributed by atoms with Crippen LogP contribution in [0.25, 0.3) is 0 Å². The van der Waals surface area contributed by atoms with E-state index in [2.05, 4.69) is 0 Å². The second kappa shape index (κ2) is 10.6. The molecule has 8 nitrogen and oxygen atoms in total. The Morgan fingerprint density at radius 2 is 1.57 bits per heavy atom. The molecule has 1 spiro atoms. The maximum absolute atomic E-state index is 13.8. The Morgan fingerprint density at radius 1 is 0.975 bits per heavy atom. The summed E-state index contributed by atoms with van der Waals surface area (Å²) < 4.78 is 39.9. The molecular formula is C29H33F3N4O4. The van der Waals surface area contributed by atoms with Crippen molar-refractivity contribution in [1.29, 1.82) is 0 Å². The van der Waals surface area contributed by atoms with Gasteiger partial charge in [0, 0.05) is 25.7 Å². The molecular weight excluding hydrogens is 525 g/mol. The van der Waals surface area contributed by atoms with Gasteiger partial charge >= 0.3 is 12.2 Å². The Bertz CT molecular complexity index is 1320. The minimum Gasteiger partial charge on any atom is -0.366 e. The molecule has 2 aromatic carbocycles. The first-order valence-corrected chi connectivity index (χ1v) is 13.2. The molecule has 2 fully saturated rings. The van der Waals surface area contributed by atoms with E-state index in [0.29, 0.717) is 6.07 Å². The van der Waals surface area contributed by atoms with Gasteiger partial charge < -0.3 is 15.5 Å². The standard InChI is InChI=1S/C29H33F3N4O4/c1-17(2)23(21-11-10-20(29(30,31)32)16-22(21)24(33)37)25(38)35-14-12-28(13-15-35)26(39)34(4)27(40)36(28)18(3)19-8-6-5-7-9-19/h5-11,16-18,23H,12-15H2,1-4H3,(H2,33,37)/t18-,23-/m1/s1. The summed E-state index contributed by atoms with van der Waals surface area (Å²) in [6, 6.07) is 11.2. The number of piperidine rings is 1. The minimum atomic E-state index is -4.68. The molecule has 4 rings (SSSR count). The number of hydrogen-bond acceptors (Lipinski definition) is 4. The molecule has 0 saturated carbocycles. The molecule has 2 heterocycles. The van der Waals surface area contributed by atoms with Gasteiger partial charge in [-0.1, -0.05) is 50.2 Å². The van der Waals surface area contributed by atoms with E-state index in [1.807, 2.05) is 37.3 Å². The van der Waals surface area contributed by atoms with Crippen LogP contribution >= 0.6 is 0 Å². The molecule has 40 heavy (non-hydrogen) atoms. The molecule has 2 saturated heterocycles. The SMILES string of the molecule is CC(C)[C@@H](C(=O)N1CCC2(CC1)C(=O)N(C)C(=O)N2[C@H](C)c1ccccc1)c1ccc(C(F)(F)F)cc1C(N)=O. The number of primary amides is 1. The van der Waals surface area contributed by atoms with E-state index in [0.717, 1.165) is 22.6 Å². The number of amides is 5. The lowest BCUT2D eigenvalue weighted by Gasteiger charge is -2.45. The zero-order valence-corrected chi connectivity index (χ0v) is 22.9. The summed E-state index contributed by atoms with van der Waals surface area (Å²) in [5.41, 5.74) is 3.94. The van der Waals surface area contributed by atoms with Crippen molar-refractivity contribution in [1.82, 2.24) is 14.7 Å². The van der Waals surface area contributed by atoms with Crippen LogP contribution in [0.15, 0.2) is 48.5 Å². The number of halogens is 3. The quantitative estimate of drug-likeness (QED) is 0.525. The maximum atomic E-state index is 13.8. The second-order valence-corrected chi connectivity index (χ2v) is 10.8. The molecule has 5 amide bonds. The Morgan fingerprint density at radius 3 is 2.10 bits per heavy atom. The van der Waals surface area contributed by atoms with Gasteiger partial charge in [-0.25, -0.2) is 4.79 Å². The third kappa shape index (κ3) is 4.93. The summed E-state index contributed by atoms with van der Waals surface area (Å²) in [6.45, 7) is 5.66. The minimum absolute atomic E-state index is 0.131. The van der Waals surface area contributed by atoms with Crippen molar-refractivity contribution in [2.24, 2.45) is 11.7 Å². The maximum Gasteiger partial charge on any atom is 0.416 e. The number of imide groups is 1. The van der Waals surface area contributed by atoms with Gasteiger partial charge in [0.05, 0.1) is 17.5 Å². The number of hydrogen-bond donors (Lipinski definition) is 1. The number of alkyl halides is 3. The smallest absolute Gasteiger partial charge is 0.366 e. The van der Waals surface area contributed by atoms with Gasteiger partial charge in [0.2, 0.25) is 11.8 Å². The first kappa shape index (κ1) is 29.1. The van der Waals surface area contributed by atoms with Crippen LogP contribution in [0.4, 0.5) is 18.0 Å². The van der Waals surface area contributed by atoms with Crippen LogP contribution < -0.4 is 5.73 Å². The molecule has 2 aliphatic heterocycles. The highest BCUT2D eigenvalue weighted by molar-refractivity contribution is 6.07. The van der Waals surface area contributed by atoms with Gasteiger partial charge in [-0.05, 0) is 48.9 Å². The highest BCUT2D eigenvalue weighted by Gasteiger charge is 2.59. The zero-order valence-electron chi connectivity index (χ0n) is 22.9. The fourth-order valence-electron chi connectivity index (χ4n) is 6.01. The molecule has 214 valence electrons. The van der Waals surface area contributed by atoms with Crippen LogP contribution in [-0.4, -0.2) is 64.1 Å². The average molecular weight is 559 g/mol. The normalized spacial score (nSPS) is 18.9. The summed E-state index contributed by atoms with van der Waals surface area (Å²) >= 11 is 0.